The molecular weight excluding hydrogens is 723 g/mol. The molecule has 0 aromatic carbocycles. The molecule has 8 nitrogen and oxygen atoms in total. The summed E-state index contributed by atoms with van der Waals surface area (Å²) in [5, 5.41) is 0. The number of allylic oxidation sites excluding steroid dienone is 14. The third kappa shape index (κ3) is 40.9. The molecule has 2 atom stereocenters. The fourth-order valence-corrected chi connectivity index (χ4v) is 6.33. The molecule has 0 aliphatic rings. The lowest BCUT2D eigenvalue weighted by atomic mass is 10.1. The number of unbranched alkanes of at least 4 members (excludes halogenated alkanes) is 13. The molecule has 0 saturated heterocycles. The van der Waals surface area contributed by atoms with Gasteiger partial charge in [0.1, 0.15) is 6.61 Å². The number of ether oxygens (including phenoxy) is 2. The number of esters is 2. The van der Waals surface area contributed by atoms with E-state index in [1.165, 1.54) is 25.7 Å². The van der Waals surface area contributed by atoms with Gasteiger partial charge in [0.05, 0.1) is 13.2 Å². The first kappa shape index (κ1) is 53.2. The largest absolute Gasteiger partial charge is 0.472 e. The van der Waals surface area contributed by atoms with E-state index in [1.54, 1.807) is 6.92 Å². The molecule has 0 saturated carbocycles. The first-order valence-electron chi connectivity index (χ1n) is 21.9. The van der Waals surface area contributed by atoms with Gasteiger partial charge in [-0.05, 0) is 90.4 Å². The van der Waals surface area contributed by atoms with Crippen LogP contribution in [0.5, 0.6) is 0 Å². The Morgan fingerprint density at radius 2 is 0.857 bits per heavy atom. The highest BCUT2D eigenvalue weighted by atomic mass is 31.2. The summed E-state index contributed by atoms with van der Waals surface area (Å²) in [6.07, 6.45) is 53.5. The number of hydrogen-bond donors (Lipinski definition) is 1. The molecular formula is C47H79O8P. The second-order valence-electron chi connectivity index (χ2n) is 13.9. The van der Waals surface area contributed by atoms with Gasteiger partial charge in [-0.25, -0.2) is 4.57 Å². The average Bonchev–Trinajstić information content (AvgIpc) is 3.18. The molecule has 0 radical (unpaired) electrons. The number of phosphoric acid groups is 1. The maximum absolute atomic E-state index is 12.6. The lowest BCUT2D eigenvalue weighted by Gasteiger charge is -2.19. The fourth-order valence-electron chi connectivity index (χ4n) is 5.57. The maximum Gasteiger partial charge on any atom is 0.472 e. The maximum atomic E-state index is 12.6. The SMILES string of the molecule is CC/C=C\C/C=C\C/C=C\C/C=C\CCCCCCCCCCC(=O)OC(COC(=O)CCCCCCC/C=C\C/C=C\C/C=C\CC)COP(=O)(O)OCC. The first-order valence-corrected chi connectivity index (χ1v) is 23.4. The smallest absolute Gasteiger partial charge is 0.462 e. The number of carbonyl (C=O) groups is 2. The zero-order chi connectivity index (χ0) is 41.1. The zero-order valence-electron chi connectivity index (χ0n) is 35.5. The van der Waals surface area contributed by atoms with Crippen molar-refractivity contribution in [3.63, 3.8) is 0 Å². The molecule has 320 valence electrons. The van der Waals surface area contributed by atoms with Crippen LogP contribution in [0.25, 0.3) is 0 Å². The van der Waals surface area contributed by atoms with E-state index in [4.69, 9.17) is 18.5 Å². The summed E-state index contributed by atoms with van der Waals surface area (Å²) >= 11 is 0. The van der Waals surface area contributed by atoms with E-state index < -0.39 is 26.5 Å². The van der Waals surface area contributed by atoms with E-state index in [2.05, 4.69) is 98.9 Å². The summed E-state index contributed by atoms with van der Waals surface area (Å²) in [7, 11) is -4.29. The van der Waals surface area contributed by atoms with Gasteiger partial charge in [-0.2, -0.15) is 0 Å². The molecule has 2 unspecified atom stereocenters. The van der Waals surface area contributed by atoms with Gasteiger partial charge in [-0.1, -0.05) is 157 Å². The van der Waals surface area contributed by atoms with Gasteiger partial charge < -0.3 is 14.4 Å². The van der Waals surface area contributed by atoms with E-state index >= 15 is 0 Å². The van der Waals surface area contributed by atoms with Crippen LogP contribution < -0.4 is 0 Å². The van der Waals surface area contributed by atoms with Gasteiger partial charge in [0.15, 0.2) is 6.10 Å². The molecule has 0 bridgehead atoms. The van der Waals surface area contributed by atoms with Crippen molar-refractivity contribution >= 4 is 19.8 Å². The summed E-state index contributed by atoms with van der Waals surface area (Å²) in [5.41, 5.74) is 0. The van der Waals surface area contributed by atoms with Crippen LogP contribution in [0, 0.1) is 0 Å². The van der Waals surface area contributed by atoms with Crippen molar-refractivity contribution in [1.29, 1.82) is 0 Å². The monoisotopic (exact) mass is 803 g/mol. The van der Waals surface area contributed by atoms with Gasteiger partial charge in [-0.3, -0.25) is 18.6 Å². The Morgan fingerprint density at radius 1 is 0.482 bits per heavy atom. The quantitative estimate of drug-likeness (QED) is 0.0283. The lowest BCUT2D eigenvalue weighted by molar-refractivity contribution is -0.161. The standard InChI is InChI=1S/C47H79O8P/c1-4-7-9-11-13-15-17-19-21-22-23-24-25-26-28-30-32-34-36-38-40-42-47(49)55-45(44-54-56(50,51)53-6-3)43-52-46(48)41-39-37-35-33-31-29-27-20-18-16-14-12-10-8-5-2/h7-10,13-16,19-21,23-24,27,45H,4-6,11-12,17-18,22,25-26,28-44H2,1-3H3,(H,50,51)/b9-7-,10-8-,15-13-,16-14-,21-19-,24-23-,27-20-. The van der Waals surface area contributed by atoms with E-state index in [0.29, 0.717) is 6.42 Å². The van der Waals surface area contributed by atoms with E-state index in [-0.39, 0.29) is 32.0 Å². The van der Waals surface area contributed by atoms with Crippen molar-refractivity contribution < 1.29 is 37.6 Å². The Hall–Kier alpha value is -2.77. The van der Waals surface area contributed by atoms with E-state index in [1.807, 2.05) is 0 Å². The summed E-state index contributed by atoms with van der Waals surface area (Å²) in [6, 6.07) is 0. The van der Waals surface area contributed by atoms with Gasteiger partial charge in [0.25, 0.3) is 0 Å². The Bertz CT molecular complexity index is 1180. The molecule has 0 aromatic rings. The Morgan fingerprint density at radius 3 is 1.29 bits per heavy atom. The van der Waals surface area contributed by atoms with Crippen molar-refractivity contribution in [1.82, 2.24) is 0 Å². The highest BCUT2D eigenvalue weighted by Gasteiger charge is 2.25. The molecule has 0 spiro atoms. The second-order valence-corrected chi connectivity index (χ2v) is 15.4. The van der Waals surface area contributed by atoms with Crippen molar-refractivity contribution in [2.75, 3.05) is 19.8 Å². The number of carbonyl (C=O) groups excluding carboxylic acids is 2. The number of rotatable bonds is 39. The Labute approximate surface area is 342 Å². The molecule has 0 aromatic heterocycles. The predicted octanol–water partition coefficient (Wildman–Crippen LogP) is 13.9. The molecule has 9 heteroatoms. The first-order chi connectivity index (χ1) is 27.3. The Balaban J connectivity index is 4.12. The molecule has 0 rings (SSSR count). The molecule has 0 aliphatic heterocycles. The van der Waals surface area contributed by atoms with E-state index in [9.17, 15) is 19.0 Å². The van der Waals surface area contributed by atoms with Crippen LogP contribution in [0.1, 0.15) is 175 Å². The normalized spacial score (nSPS) is 14.1. The summed E-state index contributed by atoms with van der Waals surface area (Å²) in [5.74, 6) is -0.834. The minimum Gasteiger partial charge on any atom is -0.462 e. The van der Waals surface area contributed by atoms with Crippen molar-refractivity contribution in [3.05, 3.63) is 85.1 Å². The summed E-state index contributed by atoms with van der Waals surface area (Å²) < 4.78 is 32.6. The van der Waals surface area contributed by atoms with Gasteiger partial charge in [-0.15, -0.1) is 0 Å². The van der Waals surface area contributed by atoms with Crippen LogP contribution >= 0.6 is 7.82 Å². The predicted molar refractivity (Wildman–Crippen MR) is 234 cm³/mol. The van der Waals surface area contributed by atoms with Gasteiger partial charge >= 0.3 is 19.8 Å². The highest BCUT2D eigenvalue weighted by molar-refractivity contribution is 7.47. The van der Waals surface area contributed by atoms with Gasteiger partial charge in [0, 0.05) is 12.8 Å². The van der Waals surface area contributed by atoms with E-state index in [0.717, 1.165) is 109 Å². The fraction of sp³-hybridized carbons (Fsp3) is 0.660. The third-order valence-electron chi connectivity index (χ3n) is 8.70. The minimum atomic E-state index is -4.29. The van der Waals surface area contributed by atoms with Crippen molar-refractivity contribution in [2.24, 2.45) is 0 Å². The lowest BCUT2D eigenvalue weighted by Crippen LogP contribution is -2.29. The van der Waals surface area contributed by atoms with Crippen LogP contribution in [0.15, 0.2) is 85.1 Å². The summed E-state index contributed by atoms with van der Waals surface area (Å²) in [6.45, 7) is 5.21. The van der Waals surface area contributed by atoms with Crippen molar-refractivity contribution in [2.45, 2.75) is 181 Å². The van der Waals surface area contributed by atoms with Crippen molar-refractivity contribution in [3.8, 4) is 0 Å². The van der Waals surface area contributed by atoms with Gasteiger partial charge in [0.2, 0.25) is 0 Å². The second kappa shape index (κ2) is 41.9. The molecule has 1 N–H and O–H groups in total. The van der Waals surface area contributed by atoms with Crippen LogP contribution in [0.3, 0.4) is 0 Å². The Kier molecular flexibility index (Phi) is 39.8. The van der Waals surface area contributed by atoms with Crippen LogP contribution in [0.2, 0.25) is 0 Å². The minimum absolute atomic E-state index is 0.00895. The average molecular weight is 803 g/mol. The van der Waals surface area contributed by atoms with Crippen LogP contribution in [-0.4, -0.2) is 42.8 Å². The number of phosphoric ester groups is 1. The molecule has 56 heavy (non-hydrogen) atoms. The topological polar surface area (TPSA) is 108 Å². The zero-order valence-corrected chi connectivity index (χ0v) is 36.4. The molecule has 0 amide bonds. The molecule has 0 aliphatic carbocycles. The third-order valence-corrected chi connectivity index (χ3v) is 9.76. The molecule has 0 heterocycles. The highest BCUT2D eigenvalue weighted by Crippen LogP contribution is 2.43. The summed E-state index contributed by atoms with van der Waals surface area (Å²) in [4.78, 5) is 34.8. The number of hydrogen-bond acceptors (Lipinski definition) is 7. The molecule has 0 fully saturated rings. The van der Waals surface area contributed by atoms with Crippen LogP contribution in [0.4, 0.5) is 0 Å². The van der Waals surface area contributed by atoms with Crippen LogP contribution in [-0.2, 0) is 32.7 Å².